The molecule has 0 fully saturated rings. The molecule has 0 saturated carbocycles. The number of anilines is 1. The second-order valence-corrected chi connectivity index (χ2v) is 11.0. The van der Waals surface area contributed by atoms with Crippen LogP contribution in [-0.2, 0) is 10.0 Å². The van der Waals surface area contributed by atoms with E-state index in [9.17, 15) is 18.0 Å². The van der Waals surface area contributed by atoms with Crippen LogP contribution in [-0.4, -0.2) is 19.0 Å². The van der Waals surface area contributed by atoms with Gasteiger partial charge in [0.1, 0.15) is 4.21 Å². The Morgan fingerprint density at radius 3 is 2.44 bits per heavy atom. The fourth-order valence-electron chi connectivity index (χ4n) is 2.96. The Morgan fingerprint density at radius 2 is 1.75 bits per heavy atom. The maximum Gasteiger partial charge on any atom is 0.333 e. The molecule has 2 N–H and O–H groups in total. The first-order valence-electron chi connectivity index (χ1n) is 8.84. The fraction of sp³-hybridized carbons (Fsp3) is 0. The molecular formula is C20H12Cl3N3O4S2. The Kier molecular flexibility index (Phi) is 6.19. The van der Waals surface area contributed by atoms with Gasteiger partial charge in [-0.3, -0.25) is 9.36 Å². The normalized spacial score (nSPS) is 11.5. The molecule has 0 spiro atoms. The van der Waals surface area contributed by atoms with Crippen molar-refractivity contribution in [2.24, 2.45) is 0 Å². The third-order valence-electron chi connectivity index (χ3n) is 4.37. The number of carbonyl (C=O) groups excluding carboxylic acids is 1. The number of urea groups is 1. The van der Waals surface area contributed by atoms with Gasteiger partial charge in [-0.05, 0) is 60.0 Å². The predicted molar refractivity (Wildman–Crippen MR) is 128 cm³/mol. The SMILES string of the molecule is O=C(Nc1ccc(-n2ccc3cc(Cl)ccc3c2=O)c(Cl)c1)NS(=O)(=O)c1ccc(Cl)s1. The minimum Gasteiger partial charge on any atom is -0.307 e. The number of pyridine rings is 1. The molecule has 2 heterocycles. The Labute approximate surface area is 201 Å². The van der Waals surface area contributed by atoms with E-state index >= 15 is 0 Å². The highest BCUT2D eigenvalue weighted by molar-refractivity contribution is 7.92. The number of nitrogens with one attached hydrogen (secondary N) is 2. The summed E-state index contributed by atoms with van der Waals surface area (Å²) in [5.74, 6) is 0. The molecule has 2 aromatic heterocycles. The van der Waals surface area contributed by atoms with Crippen LogP contribution in [0.5, 0.6) is 0 Å². The molecule has 0 bridgehead atoms. The Hall–Kier alpha value is -2.56. The zero-order chi connectivity index (χ0) is 23.0. The lowest BCUT2D eigenvalue weighted by Gasteiger charge is -2.12. The molecule has 0 unspecified atom stereocenters. The third-order valence-corrected chi connectivity index (χ3v) is 7.96. The first kappa shape index (κ1) is 22.6. The molecule has 4 aromatic rings. The monoisotopic (exact) mass is 527 g/mol. The van der Waals surface area contributed by atoms with Crippen molar-refractivity contribution in [3.8, 4) is 5.69 Å². The van der Waals surface area contributed by atoms with Crippen LogP contribution in [0.2, 0.25) is 14.4 Å². The molecule has 0 radical (unpaired) electrons. The van der Waals surface area contributed by atoms with Crippen molar-refractivity contribution in [1.82, 2.24) is 9.29 Å². The summed E-state index contributed by atoms with van der Waals surface area (Å²) in [5.41, 5.74) is 0.330. The van der Waals surface area contributed by atoms with E-state index in [1.165, 1.54) is 34.9 Å². The molecule has 0 saturated heterocycles. The van der Waals surface area contributed by atoms with Gasteiger partial charge in [0.05, 0.1) is 15.0 Å². The maximum atomic E-state index is 12.9. The van der Waals surface area contributed by atoms with E-state index < -0.39 is 16.1 Å². The van der Waals surface area contributed by atoms with Crippen LogP contribution in [0, 0.1) is 0 Å². The van der Waals surface area contributed by atoms with Gasteiger partial charge in [0.2, 0.25) is 0 Å². The second kappa shape index (κ2) is 8.76. The first-order valence-corrected chi connectivity index (χ1v) is 12.3. The van der Waals surface area contributed by atoms with Crippen LogP contribution in [0.15, 0.2) is 69.8 Å². The predicted octanol–water partition coefficient (Wildman–Crippen LogP) is 5.52. The summed E-state index contributed by atoms with van der Waals surface area (Å²) in [4.78, 5) is 25.0. The van der Waals surface area contributed by atoms with Gasteiger partial charge in [-0.25, -0.2) is 17.9 Å². The summed E-state index contributed by atoms with van der Waals surface area (Å²) < 4.78 is 27.9. The van der Waals surface area contributed by atoms with E-state index in [0.717, 1.165) is 11.3 Å². The Bertz CT molecular complexity index is 1530. The smallest absolute Gasteiger partial charge is 0.307 e. The topological polar surface area (TPSA) is 97.3 Å². The lowest BCUT2D eigenvalue weighted by molar-refractivity contribution is 0.256. The van der Waals surface area contributed by atoms with E-state index in [4.69, 9.17) is 34.8 Å². The number of hydrogen-bond donors (Lipinski definition) is 2. The molecule has 2 amide bonds. The van der Waals surface area contributed by atoms with Gasteiger partial charge in [0.25, 0.3) is 15.6 Å². The van der Waals surface area contributed by atoms with Crippen LogP contribution < -0.4 is 15.6 Å². The molecule has 0 aliphatic heterocycles. The molecule has 7 nitrogen and oxygen atoms in total. The number of thiophene rings is 1. The number of benzene rings is 2. The number of sulfonamides is 1. The lowest BCUT2D eigenvalue weighted by atomic mass is 10.1. The molecule has 0 atom stereocenters. The lowest BCUT2D eigenvalue weighted by Crippen LogP contribution is -2.33. The van der Waals surface area contributed by atoms with E-state index in [1.54, 1.807) is 30.5 Å². The maximum absolute atomic E-state index is 12.9. The highest BCUT2D eigenvalue weighted by Crippen LogP contribution is 2.27. The summed E-state index contributed by atoms with van der Waals surface area (Å²) in [6.07, 6.45) is 1.57. The average Bonchev–Trinajstić information content (AvgIpc) is 3.16. The minimum atomic E-state index is -4.07. The third kappa shape index (κ3) is 4.62. The summed E-state index contributed by atoms with van der Waals surface area (Å²) in [5, 5.41) is 4.25. The Morgan fingerprint density at radius 1 is 0.969 bits per heavy atom. The molecule has 12 heteroatoms. The zero-order valence-corrected chi connectivity index (χ0v) is 19.7. The van der Waals surface area contributed by atoms with Crippen molar-refractivity contribution in [3.05, 3.63) is 85.5 Å². The molecule has 164 valence electrons. The summed E-state index contributed by atoms with van der Waals surface area (Å²) in [7, 11) is -4.07. The van der Waals surface area contributed by atoms with Crippen LogP contribution >= 0.6 is 46.1 Å². The number of hydrogen-bond acceptors (Lipinski definition) is 5. The fourth-order valence-corrected chi connectivity index (χ4v) is 5.80. The van der Waals surface area contributed by atoms with Gasteiger partial charge >= 0.3 is 6.03 Å². The molecule has 0 aliphatic rings. The summed E-state index contributed by atoms with van der Waals surface area (Å²) in [6, 6.07) is 12.9. The number of aromatic nitrogens is 1. The highest BCUT2D eigenvalue weighted by atomic mass is 35.5. The molecular weight excluding hydrogens is 517 g/mol. The van der Waals surface area contributed by atoms with Gasteiger partial charge in [0, 0.05) is 22.3 Å². The zero-order valence-electron chi connectivity index (χ0n) is 15.8. The molecule has 4 rings (SSSR count). The standard InChI is InChI=1S/C20H12Cl3N3O4S2/c21-12-1-3-14-11(9-12)7-8-26(19(14)27)16-4-2-13(10-15(16)22)24-20(28)25-32(29,30)18-6-5-17(23)31-18/h1-10H,(H2,24,25,28). The van der Waals surface area contributed by atoms with Gasteiger partial charge in [0.15, 0.2) is 0 Å². The second-order valence-electron chi connectivity index (χ2n) is 6.51. The van der Waals surface area contributed by atoms with Crippen molar-refractivity contribution >= 4 is 78.7 Å². The van der Waals surface area contributed by atoms with E-state index in [-0.39, 0.29) is 24.8 Å². The van der Waals surface area contributed by atoms with Crippen molar-refractivity contribution in [1.29, 1.82) is 0 Å². The van der Waals surface area contributed by atoms with Crippen molar-refractivity contribution in [2.75, 3.05) is 5.32 Å². The highest BCUT2D eigenvalue weighted by Gasteiger charge is 2.20. The van der Waals surface area contributed by atoms with Crippen LogP contribution in [0.1, 0.15) is 0 Å². The molecule has 0 aliphatic carbocycles. The van der Waals surface area contributed by atoms with Crippen LogP contribution in [0.25, 0.3) is 16.5 Å². The van der Waals surface area contributed by atoms with Gasteiger partial charge in [-0.2, -0.15) is 0 Å². The first-order chi connectivity index (χ1) is 15.1. The summed E-state index contributed by atoms with van der Waals surface area (Å²) >= 11 is 18.9. The summed E-state index contributed by atoms with van der Waals surface area (Å²) in [6.45, 7) is 0. The Balaban J connectivity index is 1.57. The largest absolute Gasteiger partial charge is 0.333 e. The van der Waals surface area contributed by atoms with E-state index in [0.29, 0.717) is 21.5 Å². The number of halogens is 3. The van der Waals surface area contributed by atoms with Crippen molar-refractivity contribution < 1.29 is 13.2 Å². The number of amides is 2. The number of nitrogens with zero attached hydrogens (tertiary/aromatic N) is 1. The minimum absolute atomic E-state index is 0.0944. The van der Waals surface area contributed by atoms with Gasteiger partial charge < -0.3 is 5.32 Å². The number of fused-ring (bicyclic) bond motifs is 1. The molecule has 2 aromatic carbocycles. The van der Waals surface area contributed by atoms with Gasteiger partial charge in [-0.1, -0.05) is 34.8 Å². The average molecular weight is 529 g/mol. The van der Waals surface area contributed by atoms with Gasteiger partial charge in [-0.15, -0.1) is 11.3 Å². The number of carbonyl (C=O) groups is 1. The van der Waals surface area contributed by atoms with Crippen LogP contribution in [0.3, 0.4) is 0 Å². The van der Waals surface area contributed by atoms with Crippen LogP contribution in [0.4, 0.5) is 10.5 Å². The van der Waals surface area contributed by atoms with E-state index in [1.807, 2.05) is 4.72 Å². The number of rotatable bonds is 4. The molecule has 32 heavy (non-hydrogen) atoms. The quantitative estimate of drug-likeness (QED) is 0.364. The van der Waals surface area contributed by atoms with E-state index in [2.05, 4.69) is 5.32 Å². The van der Waals surface area contributed by atoms with Crippen molar-refractivity contribution in [2.45, 2.75) is 4.21 Å². The van der Waals surface area contributed by atoms with Crippen molar-refractivity contribution in [3.63, 3.8) is 0 Å².